The molecule has 0 fully saturated rings. The minimum atomic E-state index is -0.772. The van der Waals surface area contributed by atoms with E-state index < -0.39 is 23.9 Å². The zero-order valence-electron chi connectivity index (χ0n) is 16.6. The van der Waals surface area contributed by atoms with E-state index >= 15 is 0 Å². The highest BCUT2D eigenvalue weighted by Crippen LogP contribution is 2.14. The molecule has 0 saturated heterocycles. The Morgan fingerprint density at radius 1 is 1.11 bits per heavy atom. The van der Waals surface area contributed by atoms with Crippen molar-refractivity contribution in [2.75, 3.05) is 6.61 Å². The van der Waals surface area contributed by atoms with Gasteiger partial charge in [-0.2, -0.15) is 0 Å². The molecule has 4 atom stereocenters. The molecule has 1 aromatic rings. The van der Waals surface area contributed by atoms with Crippen molar-refractivity contribution >= 4 is 11.8 Å². The van der Waals surface area contributed by atoms with E-state index in [1.165, 1.54) is 0 Å². The van der Waals surface area contributed by atoms with E-state index in [1.807, 2.05) is 27.7 Å². The van der Waals surface area contributed by atoms with E-state index in [9.17, 15) is 19.8 Å². The zero-order chi connectivity index (χ0) is 20.6. The van der Waals surface area contributed by atoms with Crippen LogP contribution in [0.2, 0.25) is 0 Å². The fraction of sp³-hybridized carbons (Fsp3) is 0.600. The number of hydrogen-bond donors (Lipinski definition) is 5. The normalized spacial score (nSPS) is 15.8. The molecule has 152 valence electrons. The van der Waals surface area contributed by atoms with Gasteiger partial charge >= 0.3 is 0 Å². The lowest BCUT2D eigenvalue weighted by atomic mass is 9.97. The van der Waals surface area contributed by atoms with Crippen LogP contribution in [-0.2, 0) is 16.0 Å². The Kier molecular flexibility index (Phi) is 9.41. The standard InChI is InChI=1S/C20H33N3O4/c1-5-13(4)17(11-24)22-16(10-14-6-8-15(25)9-7-14)19(26)23-20(27)18(21)12(2)3/h6-9,12-13,16-18,22,24-25H,5,10-11,21H2,1-4H3,(H,23,26,27)/t13-,16-,17+,18-/m0/s1. The first-order chi connectivity index (χ1) is 12.7. The Morgan fingerprint density at radius 2 is 1.70 bits per heavy atom. The summed E-state index contributed by atoms with van der Waals surface area (Å²) in [6.07, 6.45) is 1.15. The molecule has 7 heteroatoms. The smallest absolute Gasteiger partial charge is 0.244 e. The molecule has 0 spiro atoms. The number of aromatic hydroxyl groups is 1. The van der Waals surface area contributed by atoms with E-state index in [4.69, 9.17) is 5.73 Å². The van der Waals surface area contributed by atoms with Gasteiger partial charge in [-0.3, -0.25) is 14.9 Å². The Balaban J connectivity index is 2.95. The lowest BCUT2D eigenvalue weighted by Crippen LogP contribution is -2.56. The third-order valence-electron chi connectivity index (χ3n) is 4.90. The highest BCUT2D eigenvalue weighted by molar-refractivity contribution is 6.00. The Hall–Kier alpha value is -1.96. The van der Waals surface area contributed by atoms with Crippen LogP contribution in [-0.4, -0.2) is 46.8 Å². The van der Waals surface area contributed by atoms with E-state index in [1.54, 1.807) is 24.3 Å². The first-order valence-corrected chi connectivity index (χ1v) is 9.44. The van der Waals surface area contributed by atoms with Gasteiger partial charge in [-0.1, -0.05) is 46.2 Å². The Labute approximate surface area is 161 Å². The van der Waals surface area contributed by atoms with Gasteiger partial charge in [-0.15, -0.1) is 0 Å². The lowest BCUT2D eigenvalue weighted by Gasteiger charge is -2.28. The van der Waals surface area contributed by atoms with Crippen LogP contribution in [0.25, 0.3) is 0 Å². The van der Waals surface area contributed by atoms with E-state index in [0.29, 0.717) is 6.42 Å². The molecule has 0 aromatic heterocycles. The molecule has 1 aromatic carbocycles. The van der Waals surface area contributed by atoms with E-state index in [2.05, 4.69) is 10.6 Å². The van der Waals surface area contributed by atoms with Gasteiger partial charge in [0.15, 0.2) is 0 Å². The summed E-state index contributed by atoms with van der Waals surface area (Å²) >= 11 is 0. The molecule has 0 unspecified atom stereocenters. The number of phenolic OH excluding ortho intramolecular Hbond substituents is 1. The van der Waals surface area contributed by atoms with Crippen LogP contribution < -0.4 is 16.4 Å². The Morgan fingerprint density at radius 3 is 2.19 bits per heavy atom. The van der Waals surface area contributed by atoms with Gasteiger partial charge in [-0.05, 0) is 36.0 Å². The number of nitrogens with one attached hydrogen (secondary N) is 2. The molecule has 6 N–H and O–H groups in total. The summed E-state index contributed by atoms with van der Waals surface area (Å²) in [5, 5.41) is 24.7. The number of rotatable bonds is 10. The van der Waals surface area contributed by atoms with E-state index in [0.717, 1.165) is 12.0 Å². The first kappa shape index (κ1) is 23.1. The summed E-state index contributed by atoms with van der Waals surface area (Å²) < 4.78 is 0. The molecule has 7 nitrogen and oxygen atoms in total. The number of aliphatic hydroxyl groups excluding tert-OH is 1. The van der Waals surface area contributed by atoms with Crippen molar-refractivity contribution in [2.24, 2.45) is 17.6 Å². The summed E-state index contributed by atoms with van der Waals surface area (Å²) in [6, 6.07) is 4.75. The zero-order valence-corrected chi connectivity index (χ0v) is 16.6. The van der Waals surface area contributed by atoms with Crippen molar-refractivity contribution in [2.45, 2.75) is 58.7 Å². The van der Waals surface area contributed by atoms with Gasteiger partial charge < -0.3 is 21.3 Å². The van der Waals surface area contributed by atoms with Crippen LogP contribution in [0, 0.1) is 11.8 Å². The second-order valence-corrected chi connectivity index (χ2v) is 7.39. The highest BCUT2D eigenvalue weighted by atomic mass is 16.3. The van der Waals surface area contributed by atoms with Crippen LogP contribution in [0.1, 0.15) is 39.7 Å². The van der Waals surface area contributed by atoms with Crippen molar-refractivity contribution in [1.82, 2.24) is 10.6 Å². The third-order valence-corrected chi connectivity index (χ3v) is 4.90. The third kappa shape index (κ3) is 7.28. The summed E-state index contributed by atoms with van der Waals surface area (Å²) in [5.74, 6) is -0.800. The molecule has 0 aliphatic carbocycles. The van der Waals surface area contributed by atoms with Crippen molar-refractivity contribution in [1.29, 1.82) is 0 Å². The fourth-order valence-electron chi connectivity index (χ4n) is 2.63. The molecule has 0 heterocycles. The largest absolute Gasteiger partial charge is 0.508 e. The van der Waals surface area contributed by atoms with E-state index in [-0.39, 0.29) is 30.2 Å². The van der Waals surface area contributed by atoms with Crippen molar-refractivity contribution in [3.63, 3.8) is 0 Å². The Bertz CT molecular complexity index is 604. The van der Waals surface area contributed by atoms with Gasteiger partial charge in [0.05, 0.1) is 18.7 Å². The summed E-state index contributed by atoms with van der Waals surface area (Å²) in [5.41, 5.74) is 6.64. The average molecular weight is 380 g/mol. The van der Waals surface area contributed by atoms with Gasteiger partial charge in [0.2, 0.25) is 11.8 Å². The van der Waals surface area contributed by atoms with Crippen molar-refractivity contribution < 1.29 is 19.8 Å². The van der Waals surface area contributed by atoms with Gasteiger partial charge in [0, 0.05) is 6.04 Å². The predicted octanol–water partition coefficient (Wildman–Crippen LogP) is 0.926. The molecule has 27 heavy (non-hydrogen) atoms. The summed E-state index contributed by atoms with van der Waals surface area (Å²) in [7, 11) is 0. The number of amides is 2. The molecule has 0 aliphatic heterocycles. The van der Waals surface area contributed by atoms with Gasteiger partial charge in [0.1, 0.15) is 5.75 Å². The monoisotopic (exact) mass is 379 g/mol. The summed E-state index contributed by atoms with van der Waals surface area (Å²) in [4.78, 5) is 24.9. The molecule has 1 rings (SSSR count). The van der Waals surface area contributed by atoms with Crippen molar-refractivity contribution in [3.8, 4) is 5.75 Å². The number of benzene rings is 1. The second-order valence-electron chi connectivity index (χ2n) is 7.39. The fourth-order valence-corrected chi connectivity index (χ4v) is 2.63. The lowest BCUT2D eigenvalue weighted by molar-refractivity contribution is -0.133. The van der Waals surface area contributed by atoms with Crippen LogP contribution in [0.3, 0.4) is 0 Å². The molecular formula is C20H33N3O4. The maximum atomic E-state index is 12.7. The molecule has 2 amide bonds. The minimum absolute atomic E-state index is 0.0911. The quantitative estimate of drug-likeness (QED) is 0.412. The number of carbonyl (C=O) groups excluding carboxylic acids is 2. The van der Waals surface area contributed by atoms with Gasteiger partial charge in [0.25, 0.3) is 0 Å². The number of imide groups is 1. The second kappa shape index (κ2) is 11.0. The number of carbonyl (C=O) groups is 2. The maximum Gasteiger partial charge on any atom is 0.244 e. The molecule has 0 aliphatic rings. The molecule has 0 saturated carbocycles. The van der Waals surface area contributed by atoms with Crippen LogP contribution in [0.5, 0.6) is 5.75 Å². The number of nitrogens with two attached hydrogens (primary N) is 1. The van der Waals surface area contributed by atoms with Gasteiger partial charge in [-0.25, -0.2) is 0 Å². The SMILES string of the molecule is CC[C@H](C)[C@@H](CO)N[C@@H](Cc1ccc(O)cc1)C(=O)NC(=O)[C@@H](N)C(C)C. The topological polar surface area (TPSA) is 125 Å². The number of aliphatic hydroxyl groups is 1. The van der Waals surface area contributed by atoms with Crippen LogP contribution in [0.15, 0.2) is 24.3 Å². The molecule has 0 bridgehead atoms. The maximum absolute atomic E-state index is 12.7. The van der Waals surface area contributed by atoms with Crippen molar-refractivity contribution in [3.05, 3.63) is 29.8 Å². The average Bonchev–Trinajstić information content (AvgIpc) is 2.64. The first-order valence-electron chi connectivity index (χ1n) is 9.44. The molecule has 0 radical (unpaired) electrons. The predicted molar refractivity (Wildman–Crippen MR) is 105 cm³/mol. The minimum Gasteiger partial charge on any atom is -0.508 e. The van der Waals surface area contributed by atoms with Crippen LogP contribution in [0.4, 0.5) is 0 Å². The van der Waals surface area contributed by atoms with Crippen LogP contribution >= 0.6 is 0 Å². The highest BCUT2D eigenvalue weighted by Gasteiger charge is 2.28. The number of hydrogen-bond acceptors (Lipinski definition) is 6. The summed E-state index contributed by atoms with van der Waals surface area (Å²) in [6.45, 7) is 7.50. The molecular weight excluding hydrogens is 346 g/mol. The number of phenols is 1.